The molecule has 0 aromatic rings. The Morgan fingerprint density at radius 1 is 1.50 bits per heavy atom. The van der Waals surface area contributed by atoms with Gasteiger partial charge in [0.1, 0.15) is 12.7 Å². The summed E-state index contributed by atoms with van der Waals surface area (Å²) in [5.41, 5.74) is 0.334. The van der Waals surface area contributed by atoms with Crippen molar-refractivity contribution in [2.45, 2.75) is 32.0 Å². The highest BCUT2D eigenvalue weighted by Crippen LogP contribution is 1.96. The van der Waals surface area contributed by atoms with E-state index in [1.807, 2.05) is 0 Å². The number of aliphatic hydroxyl groups excluding tert-OH is 1. The molecule has 0 aliphatic heterocycles. The normalized spacial score (nSPS) is 12.9. The minimum absolute atomic E-state index is 0.0335. The predicted octanol–water partition coefficient (Wildman–Crippen LogP) is 0.509. The maximum absolute atomic E-state index is 11.0. The topological polar surface area (TPSA) is 55.8 Å². The van der Waals surface area contributed by atoms with E-state index in [2.05, 4.69) is 13.1 Å². The van der Waals surface area contributed by atoms with Crippen LogP contribution in [0.2, 0.25) is 12.6 Å². The molecule has 0 aliphatic rings. The fraction of sp³-hybridized carbons (Fsp3) is 0.727. The first-order chi connectivity index (χ1) is 7.57. The molecule has 5 heteroatoms. The number of hydrogen-bond donors (Lipinski definition) is 1. The Kier molecular flexibility index (Phi) is 9.17. The van der Waals surface area contributed by atoms with Crippen LogP contribution in [0.5, 0.6) is 0 Å². The van der Waals surface area contributed by atoms with Crippen LogP contribution in [0.25, 0.3) is 0 Å². The van der Waals surface area contributed by atoms with Crippen LogP contribution in [-0.2, 0) is 14.3 Å². The van der Waals surface area contributed by atoms with Crippen molar-refractivity contribution in [3.63, 3.8) is 0 Å². The van der Waals surface area contributed by atoms with E-state index in [0.717, 1.165) is 6.42 Å². The van der Waals surface area contributed by atoms with Gasteiger partial charge in [0.05, 0.1) is 6.61 Å². The van der Waals surface area contributed by atoms with E-state index in [0.29, 0.717) is 12.2 Å². The summed E-state index contributed by atoms with van der Waals surface area (Å²) in [5, 5.41) is 9.41. The average molecular weight is 246 g/mol. The number of ether oxygens (including phenoxy) is 2. The number of rotatable bonds is 9. The van der Waals surface area contributed by atoms with Gasteiger partial charge in [0.15, 0.2) is 0 Å². The summed E-state index contributed by atoms with van der Waals surface area (Å²) in [6.07, 6.45) is 0.309. The Balaban J connectivity index is 3.41. The van der Waals surface area contributed by atoms with Crippen molar-refractivity contribution in [1.82, 2.24) is 0 Å². The van der Waals surface area contributed by atoms with Crippen molar-refractivity contribution >= 4 is 15.5 Å². The first-order valence-corrected chi connectivity index (χ1v) is 8.07. The summed E-state index contributed by atoms with van der Waals surface area (Å²) in [5.74, 6) is -0.476. The van der Waals surface area contributed by atoms with Crippen LogP contribution < -0.4 is 0 Å². The SMILES string of the molecule is C=C(C)C(=O)OCC(O)COCCC[SiH2]C. The monoisotopic (exact) mass is 246 g/mol. The molecule has 1 unspecified atom stereocenters. The molecular weight excluding hydrogens is 224 g/mol. The number of esters is 1. The smallest absolute Gasteiger partial charge is 0.333 e. The number of carbonyl (C=O) groups is 1. The molecule has 0 radical (unpaired) electrons. The van der Waals surface area contributed by atoms with Gasteiger partial charge in [0.2, 0.25) is 0 Å². The molecular formula is C11H22O4Si. The standard InChI is InChI=1S/C11H22O4Si/c1-9(2)11(13)15-8-10(12)7-14-5-4-6-16-3/h10,12H,1,4-8,16H2,2-3H3. The molecule has 0 aliphatic carbocycles. The van der Waals surface area contributed by atoms with Crippen molar-refractivity contribution in [2.75, 3.05) is 19.8 Å². The van der Waals surface area contributed by atoms with E-state index in [9.17, 15) is 9.90 Å². The molecule has 4 nitrogen and oxygen atoms in total. The van der Waals surface area contributed by atoms with E-state index in [1.165, 1.54) is 6.04 Å². The van der Waals surface area contributed by atoms with Gasteiger partial charge in [-0.1, -0.05) is 19.2 Å². The third-order valence-electron chi connectivity index (χ3n) is 1.96. The molecule has 0 saturated carbocycles. The Morgan fingerprint density at radius 3 is 2.75 bits per heavy atom. The van der Waals surface area contributed by atoms with Crippen LogP contribution in [0.3, 0.4) is 0 Å². The highest BCUT2D eigenvalue weighted by molar-refractivity contribution is 6.33. The first-order valence-electron chi connectivity index (χ1n) is 5.66. The van der Waals surface area contributed by atoms with Gasteiger partial charge in [0, 0.05) is 21.7 Å². The number of carbonyl (C=O) groups excluding carboxylic acids is 1. The van der Waals surface area contributed by atoms with Crippen molar-refractivity contribution < 1.29 is 19.4 Å². The predicted molar refractivity (Wildman–Crippen MR) is 66.4 cm³/mol. The lowest BCUT2D eigenvalue weighted by Crippen LogP contribution is -2.24. The van der Waals surface area contributed by atoms with Crippen LogP contribution in [0.4, 0.5) is 0 Å². The summed E-state index contributed by atoms with van der Waals surface area (Å²) >= 11 is 0. The quantitative estimate of drug-likeness (QED) is 0.279. The van der Waals surface area contributed by atoms with Crippen molar-refractivity contribution in [3.05, 3.63) is 12.2 Å². The molecule has 1 N–H and O–H groups in total. The lowest BCUT2D eigenvalue weighted by Gasteiger charge is -2.11. The molecule has 0 amide bonds. The summed E-state index contributed by atoms with van der Waals surface area (Å²) in [7, 11) is 0.116. The Labute approximate surface area is 99.5 Å². The van der Waals surface area contributed by atoms with Gasteiger partial charge in [-0.25, -0.2) is 4.79 Å². The summed E-state index contributed by atoms with van der Waals surface area (Å²) < 4.78 is 10.0. The molecule has 0 saturated heterocycles. The third kappa shape index (κ3) is 8.64. The van der Waals surface area contributed by atoms with E-state index in [4.69, 9.17) is 9.47 Å². The minimum atomic E-state index is -0.748. The van der Waals surface area contributed by atoms with E-state index in [-0.39, 0.29) is 22.7 Å². The van der Waals surface area contributed by atoms with E-state index in [1.54, 1.807) is 6.92 Å². The van der Waals surface area contributed by atoms with Gasteiger partial charge in [-0.2, -0.15) is 0 Å². The van der Waals surface area contributed by atoms with Gasteiger partial charge in [-0.3, -0.25) is 0 Å². The van der Waals surface area contributed by atoms with Crippen LogP contribution >= 0.6 is 0 Å². The molecule has 0 rings (SSSR count). The second kappa shape index (κ2) is 9.56. The van der Waals surface area contributed by atoms with E-state index < -0.39 is 12.1 Å². The maximum atomic E-state index is 11.0. The maximum Gasteiger partial charge on any atom is 0.333 e. The largest absolute Gasteiger partial charge is 0.460 e. The van der Waals surface area contributed by atoms with E-state index >= 15 is 0 Å². The molecule has 0 fully saturated rings. The van der Waals surface area contributed by atoms with Crippen molar-refractivity contribution in [2.24, 2.45) is 0 Å². The van der Waals surface area contributed by atoms with Crippen LogP contribution in [0.15, 0.2) is 12.2 Å². The molecule has 16 heavy (non-hydrogen) atoms. The van der Waals surface area contributed by atoms with Crippen LogP contribution in [0, 0.1) is 0 Å². The summed E-state index contributed by atoms with van der Waals surface area (Å²) in [6.45, 7) is 8.13. The molecule has 0 aromatic heterocycles. The third-order valence-corrected chi connectivity index (χ3v) is 3.16. The molecule has 0 heterocycles. The Hall–Kier alpha value is -0.653. The first kappa shape index (κ1) is 15.3. The number of aliphatic hydroxyl groups is 1. The van der Waals surface area contributed by atoms with Gasteiger partial charge in [-0.05, 0) is 13.3 Å². The second-order valence-electron chi connectivity index (χ2n) is 3.81. The van der Waals surface area contributed by atoms with Gasteiger partial charge >= 0.3 is 5.97 Å². The zero-order valence-electron chi connectivity index (χ0n) is 10.2. The van der Waals surface area contributed by atoms with Crippen molar-refractivity contribution in [1.29, 1.82) is 0 Å². The van der Waals surface area contributed by atoms with Gasteiger partial charge in [-0.15, -0.1) is 0 Å². The van der Waals surface area contributed by atoms with Gasteiger partial charge in [0.25, 0.3) is 0 Å². The van der Waals surface area contributed by atoms with Crippen molar-refractivity contribution in [3.8, 4) is 0 Å². The lowest BCUT2D eigenvalue weighted by molar-refractivity contribution is -0.143. The van der Waals surface area contributed by atoms with Crippen LogP contribution in [-0.4, -0.2) is 46.5 Å². The van der Waals surface area contributed by atoms with Crippen LogP contribution in [0.1, 0.15) is 13.3 Å². The molecule has 94 valence electrons. The number of hydrogen-bond acceptors (Lipinski definition) is 4. The molecule has 0 aromatic carbocycles. The Bertz CT molecular complexity index is 218. The average Bonchev–Trinajstić information content (AvgIpc) is 2.25. The lowest BCUT2D eigenvalue weighted by atomic mass is 10.3. The summed E-state index contributed by atoms with van der Waals surface area (Å²) in [6, 6.07) is 1.26. The molecule has 0 spiro atoms. The highest BCUT2D eigenvalue weighted by atomic mass is 28.2. The summed E-state index contributed by atoms with van der Waals surface area (Å²) in [4.78, 5) is 11.0. The minimum Gasteiger partial charge on any atom is -0.460 e. The fourth-order valence-electron chi connectivity index (χ4n) is 1.02. The highest BCUT2D eigenvalue weighted by Gasteiger charge is 2.09. The fourth-order valence-corrected chi connectivity index (χ4v) is 1.72. The molecule has 0 bridgehead atoms. The Morgan fingerprint density at radius 2 is 2.19 bits per heavy atom. The second-order valence-corrected chi connectivity index (χ2v) is 5.52. The van der Waals surface area contributed by atoms with Gasteiger partial charge < -0.3 is 14.6 Å². The zero-order chi connectivity index (χ0) is 12.4. The zero-order valence-corrected chi connectivity index (χ0v) is 11.6. The molecule has 1 atom stereocenters.